The number of halogens is 1. The summed E-state index contributed by atoms with van der Waals surface area (Å²) in [4.78, 5) is 23.8. The van der Waals surface area contributed by atoms with Crippen molar-refractivity contribution >= 4 is 34.8 Å². The van der Waals surface area contributed by atoms with E-state index in [-0.39, 0.29) is 18.7 Å². The molecule has 2 rings (SSSR count). The summed E-state index contributed by atoms with van der Waals surface area (Å²) in [6.45, 7) is 0. The van der Waals surface area contributed by atoms with Crippen LogP contribution in [0.3, 0.4) is 0 Å². The molecule has 22 heavy (non-hydrogen) atoms. The molecule has 1 aromatic heterocycles. The number of hydrogen-bond donors (Lipinski definition) is 1. The fourth-order valence-corrected chi connectivity index (χ4v) is 3.01. The van der Waals surface area contributed by atoms with Crippen molar-refractivity contribution in [3.05, 3.63) is 57.2 Å². The molecule has 0 bridgehead atoms. The van der Waals surface area contributed by atoms with Gasteiger partial charge < -0.3 is 10.1 Å². The highest BCUT2D eigenvalue weighted by molar-refractivity contribution is 7.08. The van der Waals surface area contributed by atoms with Gasteiger partial charge in [0.05, 0.1) is 26.0 Å². The average Bonchev–Trinajstić information content (AvgIpc) is 2.99. The van der Waals surface area contributed by atoms with Gasteiger partial charge >= 0.3 is 5.97 Å². The van der Waals surface area contributed by atoms with Gasteiger partial charge in [-0.15, -0.1) is 0 Å². The van der Waals surface area contributed by atoms with E-state index >= 15 is 0 Å². The van der Waals surface area contributed by atoms with Gasteiger partial charge in [-0.3, -0.25) is 9.59 Å². The first-order valence-corrected chi connectivity index (χ1v) is 8.04. The third-order valence-electron chi connectivity index (χ3n) is 3.16. The molecule has 1 N–H and O–H groups in total. The average molecular weight is 338 g/mol. The summed E-state index contributed by atoms with van der Waals surface area (Å²) in [7, 11) is 1.32. The maximum absolute atomic E-state index is 12.2. The Morgan fingerprint density at radius 2 is 2.09 bits per heavy atom. The lowest BCUT2D eigenvalue weighted by atomic mass is 10.0. The minimum atomic E-state index is -0.507. The second-order valence-electron chi connectivity index (χ2n) is 4.73. The standard InChI is InChI=1S/C16H16ClNO3S/c1-21-16(20)9-14(12-4-2-3-5-13(12)17)18-15(19)8-11-6-7-22-10-11/h2-7,10,14H,8-9H2,1H3,(H,18,19). The van der Waals surface area contributed by atoms with Gasteiger partial charge in [-0.1, -0.05) is 29.8 Å². The lowest BCUT2D eigenvalue weighted by Crippen LogP contribution is -2.31. The first kappa shape index (κ1) is 16.5. The zero-order valence-corrected chi connectivity index (χ0v) is 13.6. The van der Waals surface area contributed by atoms with Crippen LogP contribution in [0.4, 0.5) is 0 Å². The van der Waals surface area contributed by atoms with Gasteiger partial charge in [0.2, 0.25) is 5.91 Å². The highest BCUT2D eigenvalue weighted by Gasteiger charge is 2.21. The molecule has 6 heteroatoms. The molecular weight excluding hydrogens is 322 g/mol. The first-order chi connectivity index (χ1) is 10.6. The van der Waals surface area contributed by atoms with Crippen molar-refractivity contribution in [3.8, 4) is 0 Å². The molecule has 0 spiro atoms. The van der Waals surface area contributed by atoms with Crippen LogP contribution in [-0.4, -0.2) is 19.0 Å². The number of esters is 1. The van der Waals surface area contributed by atoms with E-state index in [1.807, 2.05) is 22.9 Å². The van der Waals surface area contributed by atoms with E-state index in [1.54, 1.807) is 18.2 Å². The highest BCUT2D eigenvalue weighted by atomic mass is 35.5. The molecule has 0 radical (unpaired) electrons. The maximum atomic E-state index is 12.2. The van der Waals surface area contributed by atoms with Gasteiger partial charge in [0, 0.05) is 5.02 Å². The molecule has 1 unspecified atom stereocenters. The van der Waals surface area contributed by atoms with Gasteiger partial charge in [0.1, 0.15) is 0 Å². The Bertz CT molecular complexity index is 643. The number of methoxy groups -OCH3 is 1. The second kappa shape index (κ2) is 7.96. The predicted octanol–water partition coefficient (Wildman–Crippen LogP) is 3.36. The lowest BCUT2D eigenvalue weighted by Gasteiger charge is -2.19. The van der Waals surface area contributed by atoms with Crippen molar-refractivity contribution in [3.63, 3.8) is 0 Å². The molecule has 0 saturated carbocycles. The minimum Gasteiger partial charge on any atom is -0.469 e. The normalized spacial score (nSPS) is 11.7. The van der Waals surface area contributed by atoms with Gasteiger partial charge in [-0.05, 0) is 34.0 Å². The number of thiophene rings is 1. The fourth-order valence-electron chi connectivity index (χ4n) is 2.07. The van der Waals surface area contributed by atoms with Crippen molar-refractivity contribution < 1.29 is 14.3 Å². The van der Waals surface area contributed by atoms with Crippen LogP contribution in [0.25, 0.3) is 0 Å². The van der Waals surface area contributed by atoms with Crippen LogP contribution in [-0.2, 0) is 20.7 Å². The quantitative estimate of drug-likeness (QED) is 0.822. The number of ether oxygens (including phenoxy) is 1. The molecule has 0 fully saturated rings. The number of amides is 1. The van der Waals surface area contributed by atoms with E-state index < -0.39 is 12.0 Å². The number of benzene rings is 1. The number of hydrogen-bond acceptors (Lipinski definition) is 4. The monoisotopic (exact) mass is 337 g/mol. The molecule has 2 aromatic rings. The van der Waals surface area contributed by atoms with Gasteiger partial charge in [-0.2, -0.15) is 11.3 Å². The van der Waals surface area contributed by atoms with E-state index in [0.29, 0.717) is 10.6 Å². The lowest BCUT2D eigenvalue weighted by molar-refractivity contribution is -0.141. The van der Waals surface area contributed by atoms with Crippen molar-refractivity contribution in [2.24, 2.45) is 0 Å². The number of nitrogens with one attached hydrogen (secondary N) is 1. The van der Waals surface area contributed by atoms with Gasteiger partial charge in [0.25, 0.3) is 0 Å². The summed E-state index contributed by atoms with van der Waals surface area (Å²) in [5, 5.41) is 7.21. The first-order valence-electron chi connectivity index (χ1n) is 6.72. The summed E-state index contributed by atoms with van der Waals surface area (Å²) in [5.41, 5.74) is 1.65. The zero-order chi connectivity index (χ0) is 15.9. The van der Waals surface area contributed by atoms with Crippen LogP contribution in [0.1, 0.15) is 23.6 Å². The molecule has 0 aliphatic carbocycles. The van der Waals surface area contributed by atoms with E-state index in [9.17, 15) is 9.59 Å². The van der Waals surface area contributed by atoms with Crippen LogP contribution in [0.15, 0.2) is 41.1 Å². The summed E-state index contributed by atoms with van der Waals surface area (Å²) in [6.07, 6.45) is 0.307. The summed E-state index contributed by atoms with van der Waals surface area (Å²) in [6, 6.07) is 8.53. The van der Waals surface area contributed by atoms with Crippen molar-refractivity contribution in [2.45, 2.75) is 18.9 Å². The Morgan fingerprint density at radius 1 is 1.32 bits per heavy atom. The molecule has 0 aliphatic heterocycles. The fraction of sp³-hybridized carbons (Fsp3) is 0.250. The van der Waals surface area contributed by atoms with Crippen LogP contribution >= 0.6 is 22.9 Å². The van der Waals surface area contributed by atoms with Crippen molar-refractivity contribution in [1.82, 2.24) is 5.32 Å². The van der Waals surface area contributed by atoms with Crippen molar-refractivity contribution in [2.75, 3.05) is 7.11 Å². The maximum Gasteiger partial charge on any atom is 0.307 e. The Balaban J connectivity index is 2.12. The van der Waals surface area contributed by atoms with E-state index in [1.165, 1.54) is 18.4 Å². The summed E-state index contributed by atoms with van der Waals surface area (Å²) in [5.74, 6) is -0.562. The Morgan fingerprint density at radius 3 is 2.73 bits per heavy atom. The number of carbonyl (C=O) groups is 2. The second-order valence-corrected chi connectivity index (χ2v) is 5.92. The molecule has 1 aromatic carbocycles. The predicted molar refractivity (Wildman–Crippen MR) is 87.0 cm³/mol. The van der Waals surface area contributed by atoms with Crippen molar-refractivity contribution in [1.29, 1.82) is 0 Å². The van der Waals surface area contributed by atoms with Gasteiger partial charge in [0.15, 0.2) is 0 Å². The number of rotatable bonds is 6. The van der Waals surface area contributed by atoms with Crippen LogP contribution in [0, 0.1) is 0 Å². The molecule has 1 amide bonds. The molecule has 4 nitrogen and oxygen atoms in total. The third-order valence-corrected chi connectivity index (χ3v) is 4.24. The zero-order valence-electron chi connectivity index (χ0n) is 12.0. The van der Waals surface area contributed by atoms with Crippen LogP contribution in [0.2, 0.25) is 5.02 Å². The van der Waals surface area contributed by atoms with E-state index in [0.717, 1.165) is 5.56 Å². The van der Waals surface area contributed by atoms with Crippen LogP contribution < -0.4 is 5.32 Å². The smallest absolute Gasteiger partial charge is 0.307 e. The molecular formula is C16H16ClNO3S. The third kappa shape index (κ3) is 4.58. The largest absolute Gasteiger partial charge is 0.469 e. The summed E-state index contributed by atoms with van der Waals surface area (Å²) < 4.78 is 4.70. The molecule has 0 aliphatic rings. The Labute approximate surface area is 138 Å². The SMILES string of the molecule is COC(=O)CC(NC(=O)Cc1ccsc1)c1ccccc1Cl. The van der Waals surface area contributed by atoms with E-state index in [2.05, 4.69) is 5.32 Å². The number of carbonyl (C=O) groups excluding carboxylic acids is 2. The van der Waals surface area contributed by atoms with E-state index in [4.69, 9.17) is 16.3 Å². The minimum absolute atomic E-state index is 0.0373. The summed E-state index contributed by atoms with van der Waals surface area (Å²) >= 11 is 7.71. The topological polar surface area (TPSA) is 55.4 Å². The van der Waals surface area contributed by atoms with Gasteiger partial charge in [-0.25, -0.2) is 0 Å². The highest BCUT2D eigenvalue weighted by Crippen LogP contribution is 2.25. The Kier molecular flexibility index (Phi) is 5.98. The molecule has 0 saturated heterocycles. The Hall–Kier alpha value is -1.85. The van der Waals surface area contributed by atoms with Crippen LogP contribution in [0.5, 0.6) is 0 Å². The molecule has 1 heterocycles. The molecule has 116 valence electrons. The molecule has 1 atom stereocenters.